The monoisotopic (exact) mass is 633 g/mol. The number of carbonyl (C=O) groups is 1. The number of carbonyl (C=O) groups excluding carboxylic acids is 1. The van der Waals surface area contributed by atoms with E-state index in [4.69, 9.17) is 13.9 Å². The van der Waals surface area contributed by atoms with E-state index in [1.807, 2.05) is 19.1 Å². The van der Waals surface area contributed by atoms with Crippen LogP contribution in [0.5, 0.6) is 5.75 Å². The van der Waals surface area contributed by atoms with Crippen LogP contribution in [0.3, 0.4) is 0 Å². The predicted molar refractivity (Wildman–Crippen MR) is 169 cm³/mol. The van der Waals surface area contributed by atoms with Crippen molar-refractivity contribution >= 4 is 38.3 Å². The van der Waals surface area contributed by atoms with Crippen molar-refractivity contribution < 1.29 is 18.7 Å². The molecular weight excluding hydrogens is 581 g/mol. The third kappa shape index (κ3) is 7.79. The summed E-state index contributed by atoms with van der Waals surface area (Å²) in [5.74, 6) is 0.581. The molecule has 0 aliphatic heterocycles. The third-order valence-corrected chi connectivity index (χ3v) is 15.2. The van der Waals surface area contributed by atoms with Crippen LogP contribution in [0.4, 0.5) is 0 Å². The van der Waals surface area contributed by atoms with Gasteiger partial charge in [0.2, 0.25) is 0 Å². The Morgan fingerprint density at radius 3 is 2.20 bits per heavy atom. The Balaban J connectivity index is 2.06. The molecule has 0 saturated heterocycles. The minimum atomic E-state index is -2.04. The number of rotatable bonds is 11. The van der Waals surface area contributed by atoms with Crippen LogP contribution in [0, 0.1) is 0 Å². The molecule has 1 heterocycles. The number of nitrogens with zero attached hydrogens (tertiary/aromatic N) is 1. The van der Waals surface area contributed by atoms with Crippen LogP contribution in [0.25, 0.3) is 0 Å². The topological polar surface area (TPSA) is 57.7 Å². The Bertz CT molecular complexity index is 1170. The molecule has 5 nitrogen and oxygen atoms in total. The number of fused-ring (bicyclic) bond motifs is 1. The molecule has 0 saturated carbocycles. The van der Waals surface area contributed by atoms with Crippen LogP contribution in [0.2, 0.25) is 18.1 Å². The summed E-state index contributed by atoms with van der Waals surface area (Å²) in [5, 5.41) is 0.0973. The number of hydrogen-bond donors (Lipinski definition) is 0. The van der Waals surface area contributed by atoms with Crippen molar-refractivity contribution in [3.63, 3.8) is 0 Å². The summed E-state index contributed by atoms with van der Waals surface area (Å²) in [6.07, 6.45) is 6.67. The van der Waals surface area contributed by atoms with Crippen molar-refractivity contribution in [3.05, 3.63) is 47.2 Å². The second-order valence-electron chi connectivity index (χ2n) is 13.9. The number of benzene rings is 1. The van der Waals surface area contributed by atoms with E-state index in [9.17, 15) is 4.79 Å². The van der Waals surface area contributed by atoms with E-state index in [2.05, 4.69) is 85.6 Å². The van der Waals surface area contributed by atoms with E-state index in [1.54, 1.807) is 6.20 Å². The zero-order valence-corrected chi connectivity index (χ0v) is 29.4. The van der Waals surface area contributed by atoms with Crippen LogP contribution < -0.4 is 13.8 Å². The number of hydrogen-bond acceptors (Lipinski definition) is 5. The molecule has 1 aromatic carbocycles. The van der Waals surface area contributed by atoms with Gasteiger partial charge in [-0.25, -0.2) is 0 Å². The van der Waals surface area contributed by atoms with Gasteiger partial charge in [-0.15, -0.1) is 0 Å². The van der Waals surface area contributed by atoms with Gasteiger partial charge >= 0.3 is 251 Å². The quantitative estimate of drug-likeness (QED) is 0.149. The SMILES string of the molecule is CCCCC(Oc1cc2c(cc1[Se]c1ccc(C(=O)OCC)cn1)C(C)(C)CCC2(C)C)O[Si](C)(C)C(C)(C)C. The Morgan fingerprint density at radius 2 is 1.68 bits per heavy atom. The molecule has 0 radical (unpaired) electrons. The Labute approximate surface area is 250 Å². The average Bonchev–Trinajstić information content (AvgIpc) is 2.86. The minimum absolute atomic E-state index is 0.0766. The molecule has 222 valence electrons. The normalized spacial score (nSPS) is 17.2. The molecule has 0 amide bonds. The molecule has 1 aliphatic rings. The number of ether oxygens (including phenoxy) is 2. The predicted octanol–water partition coefficient (Wildman–Crippen LogP) is 7.18. The molecule has 0 N–H and O–H groups in total. The van der Waals surface area contributed by atoms with E-state index in [1.165, 1.54) is 15.6 Å². The molecule has 3 rings (SSSR count). The van der Waals surface area contributed by atoms with Gasteiger partial charge in [0.15, 0.2) is 0 Å². The number of aromatic nitrogens is 1. The van der Waals surface area contributed by atoms with Crippen LogP contribution in [-0.4, -0.2) is 47.1 Å². The zero-order valence-electron chi connectivity index (χ0n) is 26.7. The van der Waals surface area contributed by atoms with Crippen molar-refractivity contribution in [3.8, 4) is 5.75 Å². The van der Waals surface area contributed by atoms with Crippen molar-refractivity contribution in [1.82, 2.24) is 4.98 Å². The Hall–Kier alpha value is -1.66. The second kappa shape index (κ2) is 12.7. The molecule has 1 aromatic heterocycles. The van der Waals surface area contributed by atoms with Crippen LogP contribution >= 0.6 is 0 Å². The fourth-order valence-electron chi connectivity index (χ4n) is 4.79. The van der Waals surface area contributed by atoms with Crippen LogP contribution in [-0.2, 0) is 20.0 Å². The molecule has 2 aromatic rings. The standard InChI is InChI=1S/C33H51NO4SeSi/c1-12-14-15-29(38-40(10,11)31(3,4)5)37-26-20-24-25(33(8,9)19-18-32(24,6)7)21-27(26)39-28-17-16-23(22-34-28)30(35)36-13-2/h16-17,20-22,29H,12-15,18-19H2,1-11H3. The number of pyridine rings is 1. The van der Waals surface area contributed by atoms with E-state index in [-0.39, 0.29) is 43.1 Å². The van der Waals surface area contributed by atoms with Gasteiger partial charge in [-0.05, 0) is 0 Å². The Morgan fingerprint density at radius 1 is 1.05 bits per heavy atom. The zero-order chi connectivity index (χ0) is 29.9. The molecule has 40 heavy (non-hydrogen) atoms. The summed E-state index contributed by atoms with van der Waals surface area (Å²) in [7, 11) is -2.04. The van der Waals surface area contributed by atoms with E-state index >= 15 is 0 Å². The number of unbranched alkanes of at least 4 members (excludes halogenated alkanes) is 1. The summed E-state index contributed by atoms with van der Waals surface area (Å²) >= 11 is -0.110. The molecule has 1 aliphatic carbocycles. The van der Waals surface area contributed by atoms with Crippen molar-refractivity contribution in [2.24, 2.45) is 0 Å². The number of esters is 1. The van der Waals surface area contributed by atoms with Gasteiger partial charge in [0.1, 0.15) is 0 Å². The first-order chi connectivity index (χ1) is 18.5. The van der Waals surface area contributed by atoms with Gasteiger partial charge < -0.3 is 0 Å². The van der Waals surface area contributed by atoms with Gasteiger partial charge in [-0.1, -0.05) is 0 Å². The summed E-state index contributed by atoms with van der Waals surface area (Å²) in [6.45, 7) is 25.2. The third-order valence-electron chi connectivity index (χ3n) is 8.66. The van der Waals surface area contributed by atoms with Gasteiger partial charge in [0, 0.05) is 0 Å². The van der Waals surface area contributed by atoms with Crippen molar-refractivity contribution in [2.45, 2.75) is 130 Å². The first kappa shape index (κ1) is 32.8. The fraction of sp³-hybridized carbons (Fsp3) is 0.636. The first-order valence-electron chi connectivity index (χ1n) is 14.9. The summed E-state index contributed by atoms with van der Waals surface area (Å²) in [6, 6.07) is 8.47. The van der Waals surface area contributed by atoms with Crippen molar-refractivity contribution in [1.29, 1.82) is 0 Å². The molecule has 0 spiro atoms. The van der Waals surface area contributed by atoms with Gasteiger partial charge in [-0.2, -0.15) is 0 Å². The summed E-state index contributed by atoms with van der Waals surface area (Å²) in [5.41, 5.74) is 3.44. The van der Waals surface area contributed by atoms with Crippen molar-refractivity contribution in [2.75, 3.05) is 6.61 Å². The Kier molecular flexibility index (Phi) is 10.4. The fourth-order valence-corrected chi connectivity index (χ4v) is 7.76. The molecule has 1 unspecified atom stereocenters. The molecular formula is C33H51NO4SeSi. The maximum atomic E-state index is 12.2. The van der Waals surface area contributed by atoms with Gasteiger partial charge in [0.05, 0.1) is 0 Å². The van der Waals surface area contributed by atoms with E-state index < -0.39 is 8.32 Å². The molecule has 0 fully saturated rings. The van der Waals surface area contributed by atoms with Crippen LogP contribution in [0.15, 0.2) is 30.5 Å². The second-order valence-corrected chi connectivity index (χ2v) is 20.9. The summed E-state index contributed by atoms with van der Waals surface area (Å²) < 4.78 is 21.0. The first-order valence-corrected chi connectivity index (χ1v) is 19.5. The maximum absolute atomic E-state index is 12.2. The van der Waals surface area contributed by atoms with Gasteiger partial charge in [-0.3, -0.25) is 0 Å². The van der Waals surface area contributed by atoms with Crippen LogP contribution in [0.1, 0.15) is 116 Å². The molecule has 0 bridgehead atoms. The molecule has 1 atom stereocenters. The van der Waals surface area contributed by atoms with E-state index in [0.717, 1.165) is 42.4 Å². The van der Waals surface area contributed by atoms with E-state index in [0.29, 0.717) is 12.2 Å². The molecule has 7 heteroatoms. The average molecular weight is 633 g/mol. The van der Waals surface area contributed by atoms with Gasteiger partial charge in [0.25, 0.3) is 0 Å². The summed E-state index contributed by atoms with van der Waals surface area (Å²) in [4.78, 5) is 16.8.